The second-order valence-corrected chi connectivity index (χ2v) is 6.90. The van der Waals surface area contributed by atoms with Gasteiger partial charge in [0.15, 0.2) is 0 Å². The van der Waals surface area contributed by atoms with Gasteiger partial charge >= 0.3 is 0 Å². The molecule has 1 aliphatic carbocycles. The van der Waals surface area contributed by atoms with E-state index in [1.807, 2.05) is 0 Å². The molecule has 1 atom stereocenters. The molecule has 1 aliphatic rings. The summed E-state index contributed by atoms with van der Waals surface area (Å²) in [4.78, 5) is 0. The Morgan fingerprint density at radius 3 is 2.89 bits per heavy atom. The molecular formula is C17H26ClN. The number of rotatable bonds is 6. The molecule has 0 bridgehead atoms. The smallest absolute Gasteiger partial charge is 0.0229 e. The highest BCUT2D eigenvalue weighted by Crippen LogP contribution is 2.31. The van der Waals surface area contributed by atoms with E-state index in [0.717, 1.165) is 25.4 Å². The highest BCUT2D eigenvalue weighted by atomic mass is 35.5. The third-order valence-electron chi connectivity index (χ3n) is 4.26. The second-order valence-electron chi connectivity index (χ2n) is 6.52. The average molecular weight is 280 g/mol. The third-order valence-corrected chi connectivity index (χ3v) is 4.45. The number of benzene rings is 1. The van der Waals surface area contributed by atoms with E-state index in [-0.39, 0.29) is 0 Å². The molecule has 0 aromatic heterocycles. The van der Waals surface area contributed by atoms with Crippen LogP contribution in [-0.4, -0.2) is 19.0 Å². The van der Waals surface area contributed by atoms with Crippen LogP contribution in [0.2, 0.25) is 0 Å². The summed E-state index contributed by atoms with van der Waals surface area (Å²) in [5, 5.41) is 3.66. The second kappa shape index (κ2) is 6.76. The molecule has 106 valence electrons. The summed E-state index contributed by atoms with van der Waals surface area (Å²) >= 11 is 5.85. The summed E-state index contributed by atoms with van der Waals surface area (Å²) in [6.07, 6.45) is 4.97. The van der Waals surface area contributed by atoms with E-state index in [1.54, 1.807) is 11.1 Å². The Morgan fingerprint density at radius 1 is 1.32 bits per heavy atom. The molecule has 0 saturated heterocycles. The van der Waals surface area contributed by atoms with Gasteiger partial charge in [-0.3, -0.25) is 0 Å². The van der Waals surface area contributed by atoms with Crippen molar-refractivity contribution in [2.24, 2.45) is 5.41 Å². The number of hydrogen-bond donors (Lipinski definition) is 1. The Balaban J connectivity index is 1.88. The Labute approximate surface area is 122 Å². The van der Waals surface area contributed by atoms with Gasteiger partial charge in [0.2, 0.25) is 0 Å². The van der Waals surface area contributed by atoms with Crippen LogP contribution in [0.15, 0.2) is 24.3 Å². The number of nitrogens with one attached hydrogen (secondary N) is 1. The van der Waals surface area contributed by atoms with E-state index < -0.39 is 0 Å². The van der Waals surface area contributed by atoms with Crippen LogP contribution >= 0.6 is 11.6 Å². The maximum absolute atomic E-state index is 5.85. The summed E-state index contributed by atoms with van der Waals surface area (Å²) in [5.41, 5.74) is 3.42. The Morgan fingerprint density at radius 2 is 2.11 bits per heavy atom. The van der Waals surface area contributed by atoms with Crippen molar-refractivity contribution in [1.82, 2.24) is 5.32 Å². The normalized spacial score (nSPS) is 19.2. The monoisotopic (exact) mass is 279 g/mol. The van der Waals surface area contributed by atoms with Crippen LogP contribution in [0, 0.1) is 5.41 Å². The van der Waals surface area contributed by atoms with Crippen LogP contribution in [0.5, 0.6) is 0 Å². The fourth-order valence-corrected chi connectivity index (χ4v) is 3.51. The summed E-state index contributed by atoms with van der Waals surface area (Å²) in [5.74, 6) is 1.44. The van der Waals surface area contributed by atoms with Crippen molar-refractivity contribution < 1.29 is 0 Å². The van der Waals surface area contributed by atoms with E-state index >= 15 is 0 Å². The van der Waals surface area contributed by atoms with Gasteiger partial charge in [0, 0.05) is 19.0 Å². The van der Waals surface area contributed by atoms with Crippen molar-refractivity contribution in [2.45, 2.75) is 45.4 Å². The SMILES string of the molecule is CC(C)(CCCl)CNCC1CCCc2ccccc21. The summed E-state index contributed by atoms with van der Waals surface area (Å²) in [7, 11) is 0. The highest BCUT2D eigenvalue weighted by Gasteiger charge is 2.21. The lowest BCUT2D eigenvalue weighted by atomic mass is 9.82. The molecule has 1 aromatic carbocycles. The number of fused-ring (bicyclic) bond motifs is 1. The first-order valence-electron chi connectivity index (χ1n) is 7.47. The minimum atomic E-state index is 0.302. The average Bonchev–Trinajstić information content (AvgIpc) is 2.39. The zero-order chi connectivity index (χ0) is 13.7. The summed E-state index contributed by atoms with van der Waals surface area (Å²) in [6, 6.07) is 8.94. The summed E-state index contributed by atoms with van der Waals surface area (Å²) in [6.45, 7) is 6.73. The van der Waals surface area contributed by atoms with E-state index in [1.165, 1.54) is 19.3 Å². The highest BCUT2D eigenvalue weighted by molar-refractivity contribution is 6.17. The van der Waals surface area contributed by atoms with Crippen LogP contribution in [0.3, 0.4) is 0 Å². The Kier molecular flexibility index (Phi) is 5.29. The lowest BCUT2D eigenvalue weighted by Gasteiger charge is -2.29. The molecule has 1 unspecified atom stereocenters. The lowest BCUT2D eigenvalue weighted by Crippen LogP contribution is -2.33. The number of aryl methyl sites for hydroxylation is 1. The van der Waals surface area contributed by atoms with Gasteiger partial charge in [0.05, 0.1) is 0 Å². The Bertz CT molecular complexity index is 400. The number of halogens is 1. The van der Waals surface area contributed by atoms with Crippen molar-refractivity contribution in [3.8, 4) is 0 Å². The van der Waals surface area contributed by atoms with Gasteiger partial charge in [0.1, 0.15) is 0 Å². The fourth-order valence-electron chi connectivity index (χ4n) is 3.00. The van der Waals surface area contributed by atoms with Crippen LogP contribution in [0.1, 0.15) is 50.2 Å². The quantitative estimate of drug-likeness (QED) is 0.764. The molecule has 19 heavy (non-hydrogen) atoms. The first-order valence-corrected chi connectivity index (χ1v) is 8.00. The van der Waals surface area contributed by atoms with Gasteiger partial charge in [-0.25, -0.2) is 0 Å². The minimum absolute atomic E-state index is 0.302. The molecule has 0 spiro atoms. The van der Waals surface area contributed by atoms with Crippen LogP contribution < -0.4 is 5.32 Å². The van der Waals surface area contributed by atoms with E-state index in [9.17, 15) is 0 Å². The molecule has 0 fully saturated rings. The van der Waals surface area contributed by atoms with Gasteiger partial charge in [-0.15, -0.1) is 11.6 Å². The number of hydrogen-bond acceptors (Lipinski definition) is 1. The number of alkyl halides is 1. The molecular weight excluding hydrogens is 254 g/mol. The van der Waals surface area contributed by atoms with Crippen LogP contribution in [0.25, 0.3) is 0 Å². The van der Waals surface area contributed by atoms with Crippen molar-refractivity contribution >= 4 is 11.6 Å². The van der Waals surface area contributed by atoms with Crippen molar-refractivity contribution in [1.29, 1.82) is 0 Å². The zero-order valence-electron chi connectivity index (χ0n) is 12.2. The van der Waals surface area contributed by atoms with Gasteiger partial charge in [-0.05, 0) is 48.1 Å². The topological polar surface area (TPSA) is 12.0 Å². The van der Waals surface area contributed by atoms with Crippen LogP contribution in [-0.2, 0) is 6.42 Å². The largest absolute Gasteiger partial charge is 0.316 e. The maximum Gasteiger partial charge on any atom is 0.0229 e. The first kappa shape index (κ1) is 14.9. The molecule has 2 heteroatoms. The minimum Gasteiger partial charge on any atom is -0.316 e. The lowest BCUT2D eigenvalue weighted by molar-refractivity contribution is 0.323. The molecule has 1 nitrogen and oxygen atoms in total. The molecule has 0 aliphatic heterocycles. The van der Waals surface area contributed by atoms with Gasteiger partial charge in [0.25, 0.3) is 0 Å². The van der Waals surface area contributed by atoms with Gasteiger partial charge < -0.3 is 5.32 Å². The predicted molar refractivity (Wildman–Crippen MR) is 84.1 cm³/mol. The third kappa shape index (κ3) is 4.22. The van der Waals surface area contributed by atoms with E-state index in [4.69, 9.17) is 11.6 Å². The van der Waals surface area contributed by atoms with Crippen LogP contribution in [0.4, 0.5) is 0 Å². The van der Waals surface area contributed by atoms with Crippen molar-refractivity contribution in [2.75, 3.05) is 19.0 Å². The van der Waals surface area contributed by atoms with Gasteiger partial charge in [-0.1, -0.05) is 38.1 Å². The zero-order valence-corrected chi connectivity index (χ0v) is 13.0. The molecule has 0 saturated carbocycles. The molecule has 2 rings (SSSR count). The van der Waals surface area contributed by atoms with E-state index in [0.29, 0.717) is 11.3 Å². The molecule has 0 radical (unpaired) electrons. The molecule has 0 heterocycles. The first-order chi connectivity index (χ1) is 9.12. The summed E-state index contributed by atoms with van der Waals surface area (Å²) < 4.78 is 0. The predicted octanol–water partition coefficient (Wildman–Crippen LogP) is 4.35. The molecule has 1 aromatic rings. The van der Waals surface area contributed by atoms with Crippen molar-refractivity contribution in [3.63, 3.8) is 0 Å². The molecule has 0 amide bonds. The maximum atomic E-state index is 5.85. The van der Waals surface area contributed by atoms with Gasteiger partial charge in [-0.2, -0.15) is 0 Å². The van der Waals surface area contributed by atoms with E-state index in [2.05, 4.69) is 43.4 Å². The fraction of sp³-hybridized carbons (Fsp3) is 0.647. The Hall–Kier alpha value is -0.530. The standard InChI is InChI=1S/C17H26ClN/c1-17(2,10-11-18)13-19-12-15-8-5-7-14-6-3-4-9-16(14)15/h3-4,6,9,15,19H,5,7-8,10-13H2,1-2H3. The van der Waals surface area contributed by atoms with Crippen molar-refractivity contribution in [3.05, 3.63) is 35.4 Å². The molecule has 1 N–H and O–H groups in total.